The summed E-state index contributed by atoms with van der Waals surface area (Å²) in [5, 5.41) is 27.1. The summed E-state index contributed by atoms with van der Waals surface area (Å²) in [6.07, 6.45) is 0.575. The number of nitrogens with zero attached hydrogens (tertiary/aromatic N) is 3. The van der Waals surface area contributed by atoms with Crippen molar-refractivity contribution in [2.45, 2.75) is 45.4 Å². The third-order valence-electron chi connectivity index (χ3n) is 6.09. The van der Waals surface area contributed by atoms with Crippen LogP contribution in [0, 0.1) is 13.8 Å². The van der Waals surface area contributed by atoms with Crippen molar-refractivity contribution in [1.29, 1.82) is 0 Å². The lowest BCUT2D eigenvalue weighted by Crippen LogP contribution is -2.42. The third-order valence-corrected chi connectivity index (χ3v) is 6.09. The first-order valence-electron chi connectivity index (χ1n) is 10.1. The molecule has 0 unspecified atom stereocenters. The minimum Gasteiger partial charge on any atom is -0.394 e. The van der Waals surface area contributed by atoms with Gasteiger partial charge in [0.25, 0.3) is 0 Å². The zero-order valence-electron chi connectivity index (χ0n) is 16.7. The van der Waals surface area contributed by atoms with Gasteiger partial charge in [-0.15, -0.1) is 0 Å². The van der Waals surface area contributed by atoms with Crippen LogP contribution in [-0.2, 0) is 13.1 Å². The summed E-state index contributed by atoms with van der Waals surface area (Å²) in [4.78, 5) is 2.32. The average Bonchev–Trinajstić information content (AvgIpc) is 2.95. The first-order valence-corrected chi connectivity index (χ1v) is 10.1. The SMILES string of the molecule is Cc1nn(CCO)c(C)c1CN1CC[C@@H](c2ccc3ccccc3c2)[C@H](O)C1. The van der Waals surface area contributed by atoms with E-state index in [1.54, 1.807) is 0 Å². The molecule has 2 heterocycles. The Morgan fingerprint density at radius 3 is 2.64 bits per heavy atom. The molecule has 0 radical (unpaired) electrons. The van der Waals surface area contributed by atoms with Gasteiger partial charge in [-0.05, 0) is 43.1 Å². The Hall–Kier alpha value is -2.21. The maximum Gasteiger partial charge on any atom is 0.0736 e. The van der Waals surface area contributed by atoms with E-state index in [2.05, 4.69) is 59.4 Å². The highest BCUT2D eigenvalue weighted by Gasteiger charge is 2.29. The molecular formula is C23H29N3O2. The molecule has 2 atom stereocenters. The monoisotopic (exact) mass is 379 g/mol. The average molecular weight is 380 g/mol. The van der Waals surface area contributed by atoms with Gasteiger partial charge in [-0.25, -0.2) is 0 Å². The predicted molar refractivity (Wildman–Crippen MR) is 111 cm³/mol. The Balaban J connectivity index is 1.46. The first-order chi connectivity index (χ1) is 13.6. The highest BCUT2D eigenvalue weighted by molar-refractivity contribution is 5.83. The molecule has 1 saturated heterocycles. The molecule has 0 bridgehead atoms. The van der Waals surface area contributed by atoms with Crippen LogP contribution >= 0.6 is 0 Å². The van der Waals surface area contributed by atoms with Crippen molar-refractivity contribution < 1.29 is 10.2 Å². The van der Waals surface area contributed by atoms with Gasteiger partial charge >= 0.3 is 0 Å². The summed E-state index contributed by atoms with van der Waals surface area (Å²) in [5.74, 6) is 0.181. The largest absolute Gasteiger partial charge is 0.394 e. The molecule has 1 aliphatic heterocycles. The summed E-state index contributed by atoms with van der Waals surface area (Å²) in [5.41, 5.74) is 4.56. The van der Waals surface area contributed by atoms with Crippen LogP contribution in [-0.4, -0.2) is 50.7 Å². The highest BCUT2D eigenvalue weighted by atomic mass is 16.3. The van der Waals surface area contributed by atoms with E-state index >= 15 is 0 Å². The lowest BCUT2D eigenvalue weighted by Gasteiger charge is -2.36. The van der Waals surface area contributed by atoms with Gasteiger partial charge in [0.2, 0.25) is 0 Å². The van der Waals surface area contributed by atoms with Gasteiger partial charge < -0.3 is 10.2 Å². The van der Waals surface area contributed by atoms with E-state index in [0.717, 1.165) is 30.9 Å². The number of hydrogen-bond donors (Lipinski definition) is 2. The molecular weight excluding hydrogens is 350 g/mol. The van der Waals surface area contributed by atoms with Gasteiger partial charge in [0, 0.05) is 30.3 Å². The van der Waals surface area contributed by atoms with Crippen LogP contribution in [0.2, 0.25) is 0 Å². The standard InChI is InChI=1S/C23H29N3O2/c1-16-22(17(2)26(24-16)11-12-27)14-25-10-9-21(23(28)15-25)20-8-7-18-5-3-4-6-19(18)13-20/h3-8,13,21,23,27-28H,9-12,14-15H2,1-2H3/t21-,23+/m0/s1. The number of likely N-dealkylation sites (tertiary alicyclic amines) is 1. The lowest BCUT2D eigenvalue weighted by atomic mass is 9.86. The second-order valence-corrected chi connectivity index (χ2v) is 7.90. The molecule has 1 aromatic heterocycles. The Labute approximate surface area is 166 Å². The second kappa shape index (κ2) is 8.03. The Morgan fingerprint density at radius 1 is 1.11 bits per heavy atom. The number of fused-ring (bicyclic) bond motifs is 1. The zero-order chi connectivity index (χ0) is 19.7. The van der Waals surface area contributed by atoms with Gasteiger partial charge in [-0.3, -0.25) is 9.58 Å². The van der Waals surface area contributed by atoms with Crippen LogP contribution in [0.3, 0.4) is 0 Å². The van der Waals surface area contributed by atoms with Crippen LogP contribution in [0.4, 0.5) is 0 Å². The molecule has 3 aromatic rings. The van der Waals surface area contributed by atoms with Crippen LogP contribution < -0.4 is 0 Å². The fourth-order valence-electron chi connectivity index (χ4n) is 4.47. The Bertz CT molecular complexity index is 966. The van der Waals surface area contributed by atoms with E-state index in [1.807, 2.05) is 11.6 Å². The van der Waals surface area contributed by atoms with E-state index < -0.39 is 0 Å². The van der Waals surface area contributed by atoms with E-state index in [9.17, 15) is 10.2 Å². The maximum atomic E-state index is 10.9. The van der Waals surface area contributed by atoms with Crippen molar-refractivity contribution in [2.24, 2.45) is 0 Å². The molecule has 5 nitrogen and oxygen atoms in total. The van der Waals surface area contributed by atoms with E-state index in [4.69, 9.17) is 0 Å². The van der Waals surface area contributed by atoms with Crippen LogP contribution in [0.25, 0.3) is 10.8 Å². The van der Waals surface area contributed by atoms with Crippen molar-refractivity contribution in [2.75, 3.05) is 19.7 Å². The fourth-order valence-corrected chi connectivity index (χ4v) is 4.47. The minimum atomic E-state index is -0.372. The summed E-state index contributed by atoms with van der Waals surface area (Å²) in [6, 6.07) is 14.9. The van der Waals surface area contributed by atoms with E-state index in [-0.39, 0.29) is 18.6 Å². The highest BCUT2D eigenvalue weighted by Crippen LogP contribution is 2.31. The van der Waals surface area contributed by atoms with Crippen molar-refractivity contribution in [3.63, 3.8) is 0 Å². The smallest absolute Gasteiger partial charge is 0.0736 e. The van der Waals surface area contributed by atoms with Crippen LogP contribution in [0.15, 0.2) is 42.5 Å². The number of aliphatic hydroxyl groups excluding tert-OH is 2. The number of hydrogen-bond acceptors (Lipinski definition) is 4. The van der Waals surface area contributed by atoms with Gasteiger partial charge in [-0.2, -0.15) is 5.10 Å². The summed E-state index contributed by atoms with van der Waals surface area (Å²) in [7, 11) is 0. The zero-order valence-corrected chi connectivity index (χ0v) is 16.7. The van der Waals surface area contributed by atoms with Gasteiger partial charge in [0.15, 0.2) is 0 Å². The van der Waals surface area contributed by atoms with Crippen molar-refractivity contribution in [3.05, 3.63) is 65.0 Å². The second-order valence-electron chi connectivity index (χ2n) is 7.90. The fraction of sp³-hybridized carbons (Fsp3) is 0.435. The number of benzene rings is 2. The first kappa shape index (κ1) is 19.1. The van der Waals surface area contributed by atoms with Gasteiger partial charge in [-0.1, -0.05) is 42.5 Å². The predicted octanol–water partition coefficient (Wildman–Crippen LogP) is 3.00. The molecule has 0 saturated carbocycles. The summed E-state index contributed by atoms with van der Waals surface area (Å²) >= 11 is 0. The third kappa shape index (κ3) is 3.70. The number of β-amino-alcohol motifs (C(OH)–C–C–N with tert-alkyl or cyclic N) is 1. The number of aliphatic hydroxyl groups is 2. The Kier molecular flexibility index (Phi) is 5.49. The molecule has 0 amide bonds. The minimum absolute atomic E-state index is 0.0945. The van der Waals surface area contributed by atoms with Crippen LogP contribution in [0.5, 0.6) is 0 Å². The Morgan fingerprint density at radius 2 is 1.89 bits per heavy atom. The molecule has 0 spiro atoms. The molecule has 1 aliphatic rings. The molecule has 28 heavy (non-hydrogen) atoms. The van der Waals surface area contributed by atoms with E-state index in [0.29, 0.717) is 13.1 Å². The maximum absolute atomic E-state index is 10.9. The lowest BCUT2D eigenvalue weighted by molar-refractivity contribution is 0.0475. The molecule has 4 rings (SSSR count). The number of piperidine rings is 1. The summed E-state index contributed by atoms with van der Waals surface area (Å²) in [6.45, 7) is 7.12. The molecule has 2 aromatic carbocycles. The quantitative estimate of drug-likeness (QED) is 0.715. The number of aryl methyl sites for hydroxylation is 1. The van der Waals surface area contributed by atoms with Crippen molar-refractivity contribution in [1.82, 2.24) is 14.7 Å². The summed E-state index contributed by atoms with van der Waals surface area (Å²) < 4.78 is 1.88. The molecule has 1 fully saturated rings. The number of aromatic nitrogens is 2. The topological polar surface area (TPSA) is 61.5 Å². The van der Waals surface area contributed by atoms with Crippen molar-refractivity contribution in [3.8, 4) is 0 Å². The molecule has 5 heteroatoms. The molecule has 148 valence electrons. The van der Waals surface area contributed by atoms with Gasteiger partial charge in [0.05, 0.1) is 24.9 Å². The van der Waals surface area contributed by atoms with Crippen LogP contribution in [0.1, 0.15) is 34.9 Å². The molecule has 0 aliphatic carbocycles. The number of rotatable bonds is 5. The van der Waals surface area contributed by atoms with E-state index in [1.165, 1.54) is 21.9 Å². The van der Waals surface area contributed by atoms with Crippen molar-refractivity contribution >= 4 is 10.8 Å². The van der Waals surface area contributed by atoms with Gasteiger partial charge in [0.1, 0.15) is 0 Å². The molecule has 2 N–H and O–H groups in total. The normalized spacial score (nSPS) is 20.7.